The van der Waals surface area contributed by atoms with Crippen LogP contribution in [-0.2, 0) is 16.4 Å². The largest absolute Gasteiger partial charge is 0.390 e. The Balaban J connectivity index is 1.60. The van der Waals surface area contributed by atoms with Gasteiger partial charge in [-0.3, -0.25) is 18.9 Å². The molecule has 0 radical (unpaired) electrons. The summed E-state index contributed by atoms with van der Waals surface area (Å²) in [5.74, 6) is -1.03. The van der Waals surface area contributed by atoms with E-state index in [-0.39, 0.29) is 35.4 Å². The molecule has 4 atom stereocenters. The molecule has 0 bridgehead atoms. The molecule has 0 spiro atoms. The molecule has 1 heterocycles. The maximum atomic E-state index is 13.8. The first-order valence-electron chi connectivity index (χ1n) is 15.0. The van der Waals surface area contributed by atoms with Gasteiger partial charge in [0.2, 0.25) is 10.0 Å². The number of benzene rings is 3. The van der Waals surface area contributed by atoms with Gasteiger partial charge >= 0.3 is 0 Å². The van der Waals surface area contributed by atoms with E-state index in [9.17, 15) is 23.1 Å². The molecule has 4 rings (SSSR count). The second kappa shape index (κ2) is 15.6. The molecule has 11 heteroatoms. The molecule has 4 N–H and O–H groups in total. The van der Waals surface area contributed by atoms with Crippen LogP contribution in [0.3, 0.4) is 0 Å². The van der Waals surface area contributed by atoms with Crippen molar-refractivity contribution < 1.29 is 23.1 Å². The molecule has 46 heavy (non-hydrogen) atoms. The van der Waals surface area contributed by atoms with Gasteiger partial charge in [0.15, 0.2) is 0 Å². The number of aromatic nitrogens is 1. The molecular weight excluding hydrogens is 602 g/mol. The normalized spacial score (nSPS) is 14.0. The number of anilines is 1. The molecule has 0 unspecified atom stereocenters. The van der Waals surface area contributed by atoms with Crippen molar-refractivity contribution in [1.29, 1.82) is 0 Å². The number of carbonyl (C=O) groups excluding carboxylic acids is 2. The fourth-order valence-corrected chi connectivity index (χ4v) is 5.43. The van der Waals surface area contributed by atoms with Crippen molar-refractivity contribution in [2.45, 2.75) is 44.5 Å². The minimum atomic E-state index is -3.71. The average molecular weight is 644 g/mol. The molecule has 0 aliphatic heterocycles. The van der Waals surface area contributed by atoms with Crippen LogP contribution in [0.2, 0.25) is 0 Å². The van der Waals surface area contributed by atoms with Gasteiger partial charge in [-0.15, -0.1) is 0 Å². The van der Waals surface area contributed by atoms with Crippen LogP contribution in [0.15, 0.2) is 103 Å². The quantitative estimate of drug-likeness (QED) is 0.163. The first kappa shape index (κ1) is 34.3. The maximum Gasteiger partial charge on any atom is 0.251 e. The maximum absolute atomic E-state index is 13.8. The number of rotatable bonds is 14. The summed E-state index contributed by atoms with van der Waals surface area (Å²) in [6, 6.07) is 25.8. The zero-order valence-corrected chi connectivity index (χ0v) is 27.2. The van der Waals surface area contributed by atoms with Crippen LogP contribution in [-0.4, -0.2) is 62.3 Å². The minimum absolute atomic E-state index is 0.0764. The molecule has 0 saturated heterocycles. The first-order valence-corrected chi connectivity index (χ1v) is 16.9. The predicted octanol–water partition coefficient (Wildman–Crippen LogP) is 4.02. The molecule has 0 aliphatic rings. The SMILES string of the molecule is C[C@@H](NC[C@@H](O)[C@H](Cc1ccccc1)NC(=O)c1cc(C(=O)N[C@H](C)c2ccccc2)cc(N(C)S(C)(=O)=O)c1)c1cccnc1. The second-order valence-corrected chi connectivity index (χ2v) is 13.4. The number of hydrogen-bond acceptors (Lipinski definition) is 7. The lowest BCUT2D eigenvalue weighted by atomic mass is 9.99. The van der Waals surface area contributed by atoms with E-state index in [1.807, 2.05) is 86.6 Å². The third-order valence-corrected chi connectivity index (χ3v) is 9.05. The van der Waals surface area contributed by atoms with Crippen molar-refractivity contribution in [1.82, 2.24) is 20.9 Å². The van der Waals surface area contributed by atoms with Crippen molar-refractivity contribution >= 4 is 27.5 Å². The van der Waals surface area contributed by atoms with Gasteiger partial charge in [0, 0.05) is 43.2 Å². The molecule has 10 nitrogen and oxygen atoms in total. The predicted molar refractivity (Wildman–Crippen MR) is 180 cm³/mol. The third-order valence-electron chi connectivity index (χ3n) is 7.85. The highest BCUT2D eigenvalue weighted by molar-refractivity contribution is 7.92. The van der Waals surface area contributed by atoms with Crippen molar-refractivity contribution in [3.63, 3.8) is 0 Å². The average Bonchev–Trinajstić information content (AvgIpc) is 3.06. The zero-order valence-electron chi connectivity index (χ0n) is 26.4. The summed E-state index contributed by atoms with van der Waals surface area (Å²) in [6.07, 6.45) is 3.84. The Hall–Kier alpha value is -4.58. The Kier molecular flexibility index (Phi) is 11.6. The molecule has 0 saturated carbocycles. The summed E-state index contributed by atoms with van der Waals surface area (Å²) < 4.78 is 25.9. The van der Waals surface area contributed by atoms with Crippen molar-refractivity contribution in [2.75, 3.05) is 24.2 Å². The van der Waals surface area contributed by atoms with Gasteiger partial charge in [-0.1, -0.05) is 66.7 Å². The molecule has 3 aromatic carbocycles. The van der Waals surface area contributed by atoms with Crippen molar-refractivity contribution in [3.05, 3.63) is 131 Å². The van der Waals surface area contributed by atoms with Crippen LogP contribution in [0.5, 0.6) is 0 Å². The second-order valence-electron chi connectivity index (χ2n) is 11.4. The molecule has 0 aliphatic carbocycles. The number of pyridine rings is 1. The smallest absolute Gasteiger partial charge is 0.251 e. The number of nitrogens with one attached hydrogen (secondary N) is 3. The lowest BCUT2D eigenvalue weighted by Gasteiger charge is -2.27. The molecule has 4 aromatic rings. The molecular formula is C35H41N5O5S. The number of amides is 2. The van der Waals surface area contributed by atoms with E-state index in [4.69, 9.17) is 0 Å². The van der Waals surface area contributed by atoms with E-state index in [1.54, 1.807) is 12.4 Å². The van der Waals surface area contributed by atoms with Crippen molar-refractivity contribution in [2.24, 2.45) is 0 Å². The third kappa shape index (κ3) is 9.46. The molecule has 1 aromatic heterocycles. The Labute approximate surface area is 270 Å². The minimum Gasteiger partial charge on any atom is -0.390 e. The summed E-state index contributed by atoms with van der Waals surface area (Å²) in [5, 5.41) is 20.5. The van der Waals surface area contributed by atoms with Crippen LogP contribution in [0.25, 0.3) is 0 Å². The van der Waals surface area contributed by atoms with Gasteiger partial charge in [0.05, 0.1) is 30.1 Å². The molecule has 242 valence electrons. The van der Waals surface area contributed by atoms with E-state index in [2.05, 4.69) is 20.9 Å². The van der Waals surface area contributed by atoms with Gasteiger partial charge in [-0.25, -0.2) is 8.42 Å². The number of aliphatic hydroxyl groups is 1. The summed E-state index contributed by atoms with van der Waals surface area (Å²) in [4.78, 5) is 31.4. The lowest BCUT2D eigenvalue weighted by Crippen LogP contribution is -2.49. The van der Waals surface area contributed by atoms with E-state index in [0.29, 0.717) is 6.42 Å². The lowest BCUT2D eigenvalue weighted by molar-refractivity contribution is 0.0825. The van der Waals surface area contributed by atoms with Crippen LogP contribution in [0, 0.1) is 0 Å². The van der Waals surface area contributed by atoms with Crippen LogP contribution < -0.4 is 20.3 Å². The zero-order chi connectivity index (χ0) is 33.3. The Morgan fingerprint density at radius 3 is 2.00 bits per heavy atom. The summed E-state index contributed by atoms with van der Waals surface area (Å²) in [7, 11) is -2.35. The van der Waals surface area contributed by atoms with Crippen LogP contribution >= 0.6 is 0 Å². The van der Waals surface area contributed by atoms with E-state index >= 15 is 0 Å². The summed E-state index contributed by atoms with van der Waals surface area (Å²) >= 11 is 0. The fourth-order valence-electron chi connectivity index (χ4n) is 4.94. The van der Waals surface area contributed by atoms with Gasteiger partial charge in [0.25, 0.3) is 11.8 Å². The molecule has 2 amide bonds. The number of nitrogens with zero attached hydrogens (tertiary/aromatic N) is 2. The number of hydrogen-bond donors (Lipinski definition) is 4. The van der Waals surface area contributed by atoms with Crippen LogP contribution in [0.4, 0.5) is 5.69 Å². The highest BCUT2D eigenvalue weighted by atomic mass is 32.2. The number of aliphatic hydroxyl groups excluding tert-OH is 1. The number of sulfonamides is 1. The van der Waals surface area contributed by atoms with E-state index < -0.39 is 34.0 Å². The number of carbonyl (C=O) groups is 2. The Morgan fingerprint density at radius 1 is 0.826 bits per heavy atom. The van der Waals surface area contributed by atoms with Gasteiger partial charge in [0.1, 0.15) is 0 Å². The van der Waals surface area contributed by atoms with Crippen LogP contribution in [0.1, 0.15) is 63.3 Å². The fraction of sp³-hybridized carbons (Fsp3) is 0.286. The van der Waals surface area contributed by atoms with E-state index in [0.717, 1.165) is 27.3 Å². The summed E-state index contributed by atoms with van der Waals surface area (Å²) in [6.45, 7) is 3.98. The summed E-state index contributed by atoms with van der Waals surface area (Å²) in [5.41, 5.74) is 3.10. The van der Waals surface area contributed by atoms with Gasteiger partial charge in [-0.2, -0.15) is 0 Å². The Bertz CT molecular complexity index is 1710. The van der Waals surface area contributed by atoms with Gasteiger partial charge < -0.3 is 21.1 Å². The highest BCUT2D eigenvalue weighted by Crippen LogP contribution is 2.22. The highest BCUT2D eigenvalue weighted by Gasteiger charge is 2.25. The molecule has 0 fully saturated rings. The standard InChI is InChI=1S/C35H41N5O5S/c1-24(28-16-11-17-36-22-28)37-23-33(41)32(18-26-12-7-5-8-13-26)39-35(43)30-19-29(20-31(21-30)40(3)46(4,44)45)34(42)38-25(2)27-14-9-6-10-15-27/h5-17,19-22,24-25,32-33,37,41H,18,23H2,1-4H3,(H,38,42)(H,39,43)/t24-,25-,32+,33-/m1/s1. The monoisotopic (exact) mass is 643 g/mol. The first-order chi connectivity index (χ1) is 21.9. The Morgan fingerprint density at radius 2 is 1.41 bits per heavy atom. The van der Waals surface area contributed by atoms with Crippen molar-refractivity contribution in [3.8, 4) is 0 Å². The van der Waals surface area contributed by atoms with Gasteiger partial charge in [-0.05, 0) is 61.2 Å². The van der Waals surface area contributed by atoms with E-state index in [1.165, 1.54) is 25.2 Å². The topological polar surface area (TPSA) is 141 Å².